The predicted molar refractivity (Wildman–Crippen MR) is 343 cm³/mol. The second kappa shape index (κ2) is 25.7. The van der Waals surface area contributed by atoms with Gasteiger partial charge in [-0.1, -0.05) is 92.5 Å². The van der Waals surface area contributed by atoms with Crippen LogP contribution in [0.4, 0.5) is 4.39 Å². The van der Waals surface area contributed by atoms with Crippen LogP contribution in [0.15, 0.2) is 167 Å². The Bertz CT molecular complexity index is 4450. The molecule has 3 saturated carbocycles. The van der Waals surface area contributed by atoms with Crippen LogP contribution in [0.3, 0.4) is 0 Å². The number of ketones is 2. The van der Waals surface area contributed by atoms with Crippen LogP contribution in [0, 0.1) is 5.82 Å². The fourth-order valence-electron chi connectivity index (χ4n) is 11.4. The first-order chi connectivity index (χ1) is 43.3. The maximum Gasteiger partial charge on any atom is 0.377 e. The first-order valence-electron chi connectivity index (χ1n) is 29.8. The van der Waals surface area contributed by atoms with E-state index in [0.29, 0.717) is 24.7 Å². The zero-order valence-corrected chi connectivity index (χ0v) is 51.3. The summed E-state index contributed by atoms with van der Waals surface area (Å²) in [6.45, 7) is 2.46. The number of benzene rings is 7. The van der Waals surface area contributed by atoms with E-state index in [-0.39, 0.29) is 41.4 Å². The van der Waals surface area contributed by atoms with Crippen LogP contribution in [-0.2, 0) is 9.59 Å². The number of hydrogen-bond acceptors (Lipinski definition) is 12. The lowest BCUT2D eigenvalue weighted by Crippen LogP contribution is -2.48. The van der Waals surface area contributed by atoms with Gasteiger partial charge < -0.3 is 29.9 Å². The predicted octanol–water partition coefficient (Wildman–Crippen LogP) is 13.2. The van der Waals surface area contributed by atoms with Crippen LogP contribution in [0.25, 0.3) is 65.9 Å². The molecule has 6 heterocycles. The van der Waals surface area contributed by atoms with Crippen molar-refractivity contribution in [2.75, 3.05) is 32.8 Å². The zero-order valence-electron chi connectivity index (χ0n) is 48.1. The molecule has 452 valence electrons. The molecule has 3 aliphatic carbocycles. The molecule has 4 fully saturated rings. The van der Waals surface area contributed by atoms with Crippen molar-refractivity contribution in [3.05, 3.63) is 190 Å². The van der Waals surface area contributed by atoms with Crippen molar-refractivity contribution in [3.8, 4) is 33.8 Å². The molecule has 0 unspecified atom stereocenters. The molecule has 1 amide bonds. The molecule has 5 aliphatic rings. The Kier molecular flexibility index (Phi) is 17.0. The standard InChI is InChI=1S/C33H33FN4O5.C18H14N2O3.C10H9BrN2.C7H5BrN2/c34-26-16-23(17-29-32(26)43-14-13-42-29)30(39)27(19-37-11-1-2-12-37)36-33(41)31(40)21-5-3-20(4-6-21)22-7-10-28-24(15-22)18-35-38(28)25-8-9-25;21-17(18(22)23)12-3-1-11(2-4-12)13-5-8-16-14(9-13)10-19-20(16)15-6-7-15;11-8-1-4-10-7(5-8)6-12-13(10)9-2-3-9;8-6-1-2-7-5(3-6)4-9-10-7/h3-7,10,15-18,25,27,30,39H,1-2,8-9,11-14,19H2,(H,36,41);1-5,8-10,15H,6-7H2,(H,22,23);1,4-6,9H,2-3H2;1-4H,(H,9,10)/t27-,30-;;;/m1.../s1. The Balaban J connectivity index is 0.000000130. The van der Waals surface area contributed by atoms with Crippen LogP contribution in [0.5, 0.6) is 11.5 Å². The van der Waals surface area contributed by atoms with E-state index in [1.165, 1.54) is 48.7 Å². The number of Topliss-reactive ketones (excluding diaryl/α,β-unsaturated/α-hetero) is 2. The van der Waals surface area contributed by atoms with Crippen LogP contribution < -0.4 is 14.8 Å². The summed E-state index contributed by atoms with van der Waals surface area (Å²) in [5, 5.41) is 47.4. The Labute approximate surface area is 526 Å². The highest BCUT2D eigenvalue weighted by Gasteiger charge is 2.32. The minimum Gasteiger partial charge on any atom is -0.486 e. The minimum absolute atomic E-state index is 0.00852. The number of carboxylic acid groups (broad SMARTS) is 1. The molecular weight excluding hydrogens is 1260 g/mol. The number of H-pyrrole nitrogens is 1. The number of carbonyl (C=O) groups is 4. The quantitative estimate of drug-likeness (QED) is 0.0588. The summed E-state index contributed by atoms with van der Waals surface area (Å²) >= 11 is 6.83. The number of carboxylic acids is 1. The maximum atomic E-state index is 14.8. The SMILES string of the molecule is Brc1ccc2[nH]ncc2c1.Brc1ccc2c(cnn2C2CC2)c1.O=C(N[C@H](CN1CCCC1)[C@H](O)c1cc(F)c2c(c1)OCCO2)C(=O)c1ccc(-c2ccc3c(cnn3C3CC3)c2)cc1.O=C(O)C(=O)c1ccc(-c2ccc3c(cnn3C3CC3)c2)cc1. The number of aliphatic hydroxyl groups excluding tert-OH is 1. The van der Waals surface area contributed by atoms with Gasteiger partial charge in [-0.25, -0.2) is 9.18 Å². The fraction of sp³-hybridized carbons (Fsp3) is 0.265. The molecule has 0 radical (unpaired) electrons. The first kappa shape index (κ1) is 59.1. The molecule has 2 aliphatic heterocycles. The third-order valence-electron chi connectivity index (χ3n) is 16.5. The number of hydrogen-bond donors (Lipinski definition) is 4. The highest BCUT2D eigenvalue weighted by atomic mass is 79.9. The van der Waals surface area contributed by atoms with E-state index in [2.05, 4.69) is 124 Å². The number of likely N-dealkylation sites (tertiary alicyclic amines) is 1. The molecule has 11 aromatic rings. The third kappa shape index (κ3) is 13.4. The molecule has 89 heavy (non-hydrogen) atoms. The van der Waals surface area contributed by atoms with E-state index in [9.17, 15) is 28.7 Å². The fourth-order valence-corrected chi connectivity index (χ4v) is 12.1. The molecule has 7 aromatic carbocycles. The number of nitrogens with one attached hydrogen (secondary N) is 2. The molecular formula is C68H61Br2FN10O8. The monoisotopic (exact) mass is 1320 g/mol. The van der Waals surface area contributed by atoms with Gasteiger partial charge in [0.15, 0.2) is 17.3 Å². The van der Waals surface area contributed by atoms with Crippen LogP contribution >= 0.6 is 31.9 Å². The van der Waals surface area contributed by atoms with Crippen LogP contribution in [-0.4, -0.2) is 117 Å². The molecule has 0 bridgehead atoms. The number of carbonyl (C=O) groups excluding carboxylic acids is 3. The average Bonchev–Trinajstić information content (AvgIpc) is 3.69. The number of amides is 1. The number of nitrogens with zero attached hydrogens (tertiary/aromatic N) is 8. The Hall–Kier alpha value is -8.89. The van der Waals surface area contributed by atoms with Crippen LogP contribution in [0.1, 0.15) is 102 Å². The summed E-state index contributed by atoms with van der Waals surface area (Å²) in [5.74, 6) is -4.30. The third-order valence-corrected chi connectivity index (χ3v) is 17.5. The van der Waals surface area contributed by atoms with E-state index in [0.717, 1.165) is 103 Å². The lowest BCUT2D eigenvalue weighted by molar-refractivity contribution is -0.131. The van der Waals surface area contributed by atoms with Gasteiger partial charge in [-0.15, -0.1) is 0 Å². The van der Waals surface area contributed by atoms with Gasteiger partial charge in [0.1, 0.15) is 19.3 Å². The van der Waals surface area contributed by atoms with Gasteiger partial charge in [-0.05, 0) is 165 Å². The lowest BCUT2D eigenvalue weighted by atomic mass is 9.99. The second-order valence-corrected chi connectivity index (χ2v) is 24.8. The highest BCUT2D eigenvalue weighted by Crippen LogP contribution is 2.41. The zero-order chi connectivity index (χ0) is 61.3. The number of ether oxygens (including phenoxy) is 2. The van der Waals surface area contributed by atoms with Crippen molar-refractivity contribution in [2.45, 2.75) is 81.6 Å². The average molecular weight is 1330 g/mol. The van der Waals surface area contributed by atoms with Gasteiger partial charge in [0, 0.05) is 48.2 Å². The minimum atomic E-state index is -1.44. The van der Waals surface area contributed by atoms with Gasteiger partial charge in [0.05, 0.1) is 71.0 Å². The summed E-state index contributed by atoms with van der Waals surface area (Å²) < 4.78 is 34.2. The summed E-state index contributed by atoms with van der Waals surface area (Å²) in [5.41, 5.74) is 9.10. The van der Waals surface area contributed by atoms with Gasteiger partial charge in [-0.3, -0.25) is 33.5 Å². The summed E-state index contributed by atoms with van der Waals surface area (Å²) in [7, 11) is 0. The largest absolute Gasteiger partial charge is 0.486 e. The number of rotatable bonds is 14. The van der Waals surface area contributed by atoms with Gasteiger partial charge in [-0.2, -0.15) is 20.4 Å². The summed E-state index contributed by atoms with van der Waals surface area (Å²) in [6, 6.07) is 41.8. The molecule has 4 aromatic heterocycles. The summed E-state index contributed by atoms with van der Waals surface area (Å²) in [4.78, 5) is 50.7. The molecule has 1 saturated heterocycles. The Morgan fingerprint density at radius 3 is 1.61 bits per heavy atom. The van der Waals surface area contributed by atoms with Gasteiger partial charge >= 0.3 is 5.97 Å². The maximum absolute atomic E-state index is 14.8. The number of halogens is 3. The number of aliphatic hydroxyl groups is 1. The highest BCUT2D eigenvalue weighted by molar-refractivity contribution is 9.10. The van der Waals surface area contributed by atoms with Crippen molar-refractivity contribution >= 4 is 98.9 Å². The Morgan fingerprint density at radius 2 is 1.07 bits per heavy atom. The normalized spacial score (nSPS) is 16.0. The van der Waals surface area contributed by atoms with Gasteiger partial charge in [0.2, 0.25) is 5.78 Å². The number of aromatic amines is 1. The lowest BCUT2D eigenvalue weighted by Gasteiger charge is -2.29. The van der Waals surface area contributed by atoms with Crippen molar-refractivity contribution in [1.29, 1.82) is 0 Å². The number of aliphatic carboxylic acids is 1. The van der Waals surface area contributed by atoms with E-state index >= 15 is 0 Å². The number of aromatic nitrogens is 8. The molecule has 16 rings (SSSR count). The second-order valence-electron chi connectivity index (χ2n) is 23.0. The van der Waals surface area contributed by atoms with E-state index in [1.807, 2.05) is 61.1 Å². The van der Waals surface area contributed by atoms with E-state index < -0.39 is 41.4 Å². The number of fused-ring (bicyclic) bond motifs is 5. The van der Waals surface area contributed by atoms with Crippen molar-refractivity contribution < 1.29 is 43.3 Å². The van der Waals surface area contributed by atoms with Crippen molar-refractivity contribution in [3.63, 3.8) is 0 Å². The van der Waals surface area contributed by atoms with Crippen molar-refractivity contribution in [2.24, 2.45) is 0 Å². The van der Waals surface area contributed by atoms with E-state index in [4.69, 9.17) is 14.6 Å². The first-order valence-corrected chi connectivity index (χ1v) is 31.4. The molecule has 2 atom stereocenters. The Morgan fingerprint density at radius 1 is 0.584 bits per heavy atom. The summed E-state index contributed by atoms with van der Waals surface area (Å²) in [6.07, 6.45) is 15.5. The van der Waals surface area contributed by atoms with E-state index in [1.54, 1.807) is 42.6 Å². The smallest absolute Gasteiger partial charge is 0.377 e. The molecule has 21 heteroatoms. The molecule has 0 spiro atoms. The van der Waals surface area contributed by atoms with Crippen molar-refractivity contribution in [1.82, 2.24) is 49.8 Å². The molecule has 18 nitrogen and oxygen atoms in total. The van der Waals surface area contributed by atoms with Gasteiger partial charge in [0.25, 0.3) is 11.7 Å². The molecule has 4 N–H and O–H groups in total. The van der Waals surface area contributed by atoms with Crippen LogP contribution in [0.2, 0.25) is 0 Å². The topological polar surface area (TPSA) is 225 Å².